The molecular weight excluding hydrogens is 922 g/mol. The Morgan fingerprint density at radius 1 is 0.461 bits per heavy atom. The largest absolute Gasteiger partial charge is 0.468 e. The van der Waals surface area contributed by atoms with Gasteiger partial charge in [0.2, 0.25) is 0 Å². The zero-order valence-electron chi connectivity index (χ0n) is 47.6. The molecule has 6 aliphatic rings. The van der Waals surface area contributed by atoms with Crippen molar-refractivity contribution in [3.05, 3.63) is 178 Å². The predicted molar refractivity (Wildman–Crippen MR) is 323 cm³/mol. The highest BCUT2D eigenvalue weighted by molar-refractivity contribution is 7.00. The molecule has 76 heavy (non-hydrogen) atoms. The molecule has 14 rings (SSSR count). The van der Waals surface area contributed by atoms with Crippen molar-refractivity contribution in [3.8, 4) is 0 Å². The van der Waals surface area contributed by atoms with Crippen LogP contribution in [-0.2, 0) is 37.9 Å². The van der Waals surface area contributed by atoms with Crippen molar-refractivity contribution in [1.29, 1.82) is 0 Å². The molecule has 2 aliphatic heterocycles. The van der Waals surface area contributed by atoms with Gasteiger partial charge in [0.1, 0.15) is 5.58 Å². The maximum atomic E-state index is 7.79. The highest BCUT2D eigenvalue weighted by Gasteiger charge is 2.55. The Bertz CT molecular complexity index is 3680. The van der Waals surface area contributed by atoms with Gasteiger partial charge >= 0.3 is 0 Å². The third-order valence-corrected chi connectivity index (χ3v) is 20.4. The number of rotatable bonds is 5. The van der Waals surface area contributed by atoms with E-state index in [1.807, 2.05) is 0 Å². The minimum Gasteiger partial charge on any atom is -0.468 e. The zero-order chi connectivity index (χ0) is 52.9. The molecule has 4 aliphatic carbocycles. The van der Waals surface area contributed by atoms with Gasteiger partial charge in [-0.3, -0.25) is 0 Å². The van der Waals surface area contributed by atoms with Crippen molar-refractivity contribution in [2.45, 2.75) is 173 Å². The summed E-state index contributed by atoms with van der Waals surface area (Å²) >= 11 is 0. The minimum absolute atomic E-state index is 0.000256. The van der Waals surface area contributed by atoms with Gasteiger partial charge in [-0.05, 0) is 212 Å². The first-order valence-electron chi connectivity index (χ1n) is 28.7. The molecule has 1 aromatic heterocycles. The molecular formula is C71H76BN3O. The van der Waals surface area contributed by atoms with E-state index in [1.54, 1.807) is 0 Å². The van der Waals surface area contributed by atoms with Crippen molar-refractivity contribution < 1.29 is 4.42 Å². The van der Waals surface area contributed by atoms with Gasteiger partial charge in [0.25, 0.3) is 6.71 Å². The molecule has 384 valence electrons. The lowest BCUT2D eigenvalue weighted by Crippen LogP contribution is -2.61. The van der Waals surface area contributed by atoms with E-state index in [0.29, 0.717) is 0 Å². The monoisotopic (exact) mass is 998 g/mol. The van der Waals surface area contributed by atoms with Gasteiger partial charge in [-0.25, -0.2) is 0 Å². The summed E-state index contributed by atoms with van der Waals surface area (Å²) in [6.07, 6.45) is 8.27. The molecule has 0 spiro atoms. The molecule has 2 unspecified atom stereocenters. The average Bonchev–Trinajstić information content (AvgIpc) is 3.56. The van der Waals surface area contributed by atoms with Gasteiger partial charge in [0.15, 0.2) is 0 Å². The lowest BCUT2D eigenvalue weighted by Gasteiger charge is -2.47. The third-order valence-electron chi connectivity index (χ3n) is 20.4. The summed E-state index contributed by atoms with van der Waals surface area (Å²) in [6.45, 7) is 31.6. The number of hydrogen-bond acceptors (Lipinski definition) is 4. The van der Waals surface area contributed by atoms with Crippen LogP contribution in [0, 0.1) is 0 Å². The molecule has 3 heterocycles. The van der Waals surface area contributed by atoms with Gasteiger partial charge in [0.05, 0.1) is 17.0 Å². The molecule has 8 aromatic rings. The van der Waals surface area contributed by atoms with Gasteiger partial charge in [-0.1, -0.05) is 151 Å². The van der Waals surface area contributed by atoms with E-state index < -0.39 is 0 Å². The lowest BCUT2D eigenvalue weighted by molar-refractivity contribution is 0.332. The Kier molecular flexibility index (Phi) is 9.85. The van der Waals surface area contributed by atoms with Crippen LogP contribution < -0.4 is 31.3 Å². The van der Waals surface area contributed by atoms with Crippen LogP contribution in [-0.4, -0.2) is 6.71 Å². The van der Waals surface area contributed by atoms with E-state index in [2.05, 4.69) is 244 Å². The molecule has 0 amide bonds. The van der Waals surface area contributed by atoms with Crippen LogP contribution in [0.4, 0.5) is 51.2 Å². The summed E-state index contributed by atoms with van der Waals surface area (Å²) in [6, 6.07) is 54.5. The van der Waals surface area contributed by atoms with Crippen molar-refractivity contribution in [3.63, 3.8) is 0 Å². The number of hydrogen-bond donors (Lipinski definition) is 0. The second-order valence-electron chi connectivity index (χ2n) is 28.5. The molecule has 0 radical (unpaired) electrons. The Morgan fingerprint density at radius 3 is 1.55 bits per heavy atom. The summed E-state index contributed by atoms with van der Waals surface area (Å²) < 4.78 is 7.79. The van der Waals surface area contributed by atoms with Gasteiger partial charge in [0, 0.05) is 45.2 Å². The maximum Gasteiger partial charge on any atom is 0.297 e. The Morgan fingerprint density at radius 2 is 0.974 bits per heavy atom. The molecule has 2 bridgehead atoms. The van der Waals surface area contributed by atoms with Gasteiger partial charge < -0.3 is 19.1 Å². The van der Waals surface area contributed by atoms with Gasteiger partial charge in [-0.2, -0.15) is 0 Å². The minimum atomic E-state index is -0.170. The number of benzene rings is 7. The molecule has 0 N–H and O–H groups in total. The van der Waals surface area contributed by atoms with E-state index in [1.165, 1.54) is 109 Å². The number of para-hydroxylation sites is 2. The fourth-order valence-electron chi connectivity index (χ4n) is 15.7. The van der Waals surface area contributed by atoms with Crippen LogP contribution in [0.3, 0.4) is 0 Å². The number of fused-ring (bicyclic) bond motifs is 13. The van der Waals surface area contributed by atoms with Crippen LogP contribution in [0.15, 0.2) is 144 Å². The summed E-state index contributed by atoms with van der Waals surface area (Å²) in [5.41, 5.74) is 25.9. The first kappa shape index (κ1) is 48.0. The predicted octanol–water partition coefficient (Wildman–Crippen LogP) is 17.7. The molecule has 2 atom stereocenters. The first-order chi connectivity index (χ1) is 36.0. The second-order valence-corrected chi connectivity index (χ2v) is 28.5. The summed E-state index contributed by atoms with van der Waals surface area (Å²) in [5.74, 6) is 0. The van der Waals surface area contributed by atoms with E-state index in [0.717, 1.165) is 53.3 Å². The van der Waals surface area contributed by atoms with Crippen LogP contribution in [0.2, 0.25) is 0 Å². The summed E-state index contributed by atoms with van der Waals surface area (Å²) in [4.78, 5) is 7.80. The number of anilines is 9. The second kappa shape index (κ2) is 15.6. The Balaban J connectivity index is 1.15. The molecule has 5 heteroatoms. The molecule has 4 nitrogen and oxygen atoms in total. The van der Waals surface area contributed by atoms with Crippen LogP contribution in [0.5, 0.6) is 0 Å². The smallest absolute Gasteiger partial charge is 0.297 e. The summed E-state index contributed by atoms with van der Waals surface area (Å²) in [5, 5.41) is 1.22. The van der Waals surface area contributed by atoms with Gasteiger partial charge in [-0.15, -0.1) is 0 Å². The van der Waals surface area contributed by atoms with E-state index in [9.17, 15) is 0 Å². The Labute approximate surface area is 453 Å². The van der Waals surface area contributed by atoms with Crippen LogP contribution in [0.1, 0.15) is 174 Å². The van der Waals surface area contributed by atoms with Crippen molar-refractivity contribution in [1.82, 2.24) is 0 Å². The Hall–Kier alpha value is -6.46. The van der Waals surface area contributed by atoms with E-state index >= 15 is 0 Å². The highest BCUT2D eigenvalue weighted by atomic mass is 16.3. The van der Waals surface area contributed by atoms with E-state index in [4.69, 9.17) is 4.42 Å². The zero-order valence-corrected chi connectivity index (χ0v) is 47.6. The molecule has 0 saturated heterocycles. The standard InChI is InChI=1S/C71H76BN3O/c1-65(2,3)44-24-26-47(27-25-44)75-60-38-49(73(45-20-16-14-17-21-45)46-22-18-15-19-23-46)37-59-62(60)72(64-63(75)50-39-55-56(42-61(50)76-64)71(13)35-34-70(55,12)43-71)57-40-53-54(69(10,11)33-32-68(53,8)9)41-58(57)74(59)48-28-29-51-52(36-48)67(6,7)31-30-66(51,4)5/h14-29,36-42H,30-35,43H2,1-13H3. The van der Waals surface area contributed by atoms with Crippen molar-refractivity contribution >= 4 is 85.5 Å². The maximum absolute atomic E-state index is 7.79. The highest BCUT2D eigenvalue weighted by Crippen LogP contribution is 2.62. The van der Waals surface area contributed by atoms with E-state index in [-0.39, 0.29) is 44.6 Å². The fraction of sp³-hybridized carbons (Fsp3) is 0.380. The van der Waals surface area contributed by atoms with Crippen molar-refractivity contribution in [2.75, 3.05) is 14.7 Å². The fourth-order valence-corrected chi connectivity index (χ4v) is 15.7. The topological polar surface area (TPSA) is 22.9 Å². The average molecular weight is 998 g/mol. The number of furan rings is 1. The normalized spacial score (nSPS) is 22.6. The summed E-state index contributed by atoms with van der Waals surface area (Å²) in [7, 11) is 0. The lowest BCUT2D eigenvalue weighted by atomic mass is 9.35. The molecule has 1 saturated carbocycles. The quantitative estimate of drug-likeness (QED) is 0.160. The van der Waals surface area contributed by atoms with Crippen molar-refractivity contribution in [2.24, 2.45) is 0 Å². The molecule has 1 fully saturated rings. The SMILES string of the molecule is CC(C)(C)c1ccc(N2c3cc(N(c4ccccc4)c4ccccc4)cc4c3B(c3cc5c(cc3N4c3ccc4c(c3)C(C)(C)CCC4(C)C)C(C)(C)CCC5(C)C)c3oc4cc5c(cc4c32)C2(C)CCC5(C)C2)cc1. The molecule has 7 aromatic carbocycles. The van der Waals surface area contributed by atoms with Crippen LogP contribution in [0.25, 0.3) is 11.0 Å². The third kappa shape index (κ3) is 6.81. The number of nitrogens with zero attached hydrogens (tertiary/aromatic N) is 3. The first-order valence-corrected chi connectivity index (χ1v) is 28.7. The van der Waals surface area contributed by atoms with Crippen LogP contribution >= 0.6 is 0 Å².